The van der Waals surface area contributed by atoms with Crippen molar-refractivity contribution < 1.29 is 19.5 Å². The van der Waals surface area contributed by atoms with E-state index in [9.17, 15) is 9.90 Å². The molecule has 1 amide bonds. The van der Waals surface area contributed by atoms with Crippen LogP contribution in [0.2, 0.25) is 0 Å². The number of hydroxylamine groups is 1. The Balaban J connectivity index is 2.04. The second kappa shape index (κ2) is 11.3. The van der Waals surface area contributed by atoms with E-state index in [4.69, 9.17) is 9.57 Å². The van der Waals surface area contributed by atoms with Gasteiger partial charge in [0.25, 0.3) is 0 Å². The number of hydrogen-bond acceptors (Lipinski definition) is 4. The molecule has 1 aromatic carbocycles. The van der Waals surface area contributed by atoms with E-state index in [0.717, 1.165) is 18.4 Å². The summed E-state index contributed by atoms with van der Waals surface area (Å²) in [6, 6.07) is 9.55. The van der Waals surface area contributed by atoms with Gasteiger partial charge in [0.1, 0.15) is 0 Å². The summed E-state index contributed by atoms with van der Waals surface area (Å²) in [5, 5.41) is 9.70. The maximum absolute atomic E-state index is 11.5. The summed E-state index contributed by atoms with van der Waals surface area (Å²) in [7, 11) is 0. The monoisotopic (exact) mass is 295 g/mol. The molecule has 0 spiro atoms. The Bertz CT molecular complexity index is 383. The van der Waals surface area contributed by atoms with Gasteiger partial charge in [-0.15, -0.1) is 0 Å². The van der Waals surface area contributed by atoms with Gasteiger partial charge in [-0.05, 0) is 18.4 Å². The molecule has 0 fully saturated rings. The molecule has 21 heavy (non-hydrogen) atoms. The fourth-order valence-corrected chi connectivity index (χ4v) is 1.70. The van der Waals surface area contributed by atoms with Gasteiger partial charge >= 0.3 is 0 Å². The maximum atomic E-state index is 11.5. The van der Waals surface area contributed by atoms with Crippen LogP contribution in [0.3, 0.4) is 0 Å². The summed E-state index contributed by atoms with van der Waals surface area (Å²) in [5.41, 5.74) is 3.31. The van der Waals surface area contributed by atoms with E-state index < -0.39 is 6.10 Å². The summed E-state index contributed by atoms with van der Waals surface area (Å²) < 4.78 is 5.34. The zero-order valence-corrected chi connectivity index (χ0v) is 12.6. The summed E-state index contributed by atoms with van der Waals surface area (Å²) in [5.74, 6) is -0.327. The predicted octanol–water partition coefficient (Wildman–Crippen LogP) is 2.19. The van der Waals surface area contributed by atoms with Crippen LogP contribution in [0, 0.1) is 0 Å². The molecule has 5 heteroatoms. The SMILES string of the molecule is CCCCOCC[C@@H](O)CC(=O)NOCc1ccccc1. The molecule has 0 aliphatic rings. The van der Waals surface area contributed by atoms with Gasteiger partial charge in [0, 0.05) is 13.2 Å². The molecule has 0 aliphatic carbocycles. The minimum Gasteiger partial charge on any atom is -0.393 e. The number of carbonyl (C=O) groups excluding carboxylic acids is 1. The normalized spacial score (nSPS) is 12.1. The van der Waals surface area contributed by atoms with E-state index in [2.05, 4.69) is 12.4 Å². The molecule has 0 saturated heterocycles. The van der Waals surface area contributed by atoms with Crippen molar-refractivity contribution in [2.75, 3.05) is 13.2 Å². The third-order valence-electron chi connectivity index (χ3n) is 2.93. The van der Waals surface area contributed by atoms with Crippen molar-refractivity contribution in [3.05, 3.63) is 35.9 Å². The van der Waals surface area contributed by atoms with Crippen molar-refractivity contribution in [1.82, 2.24) is 5.48 Å². The van der Waals surface area contributed by atoms with Gasteiger partial charge in [-0.25, -0.2) is 5.48 Å². The number of carbonyl (C=O) groups is 1. The van der Waals surface area contributed by atoms with Gasteiger partial charge in [-0.1, -0.05) is 43.7 Å². The molecule has 0 saturated carbocycles. The predicted molar refractivity (Wildman–Crippen MR) is 80.3 cm³/mol. The average Bonchev–Trinajstić information content (AvgIpc) is 2.48. The van der Waals surface area contributed by atoms with Crippen LogP contribution in [-0.4, -0.2) is 30.3 Å². The Labute approximate surface area is 126 Å². The molecular weight excluding hydrogens is 270 g/mol. The Kier molecular flexibility index (Phi) is 9.44. The third kappa shape index (κ3) is 9.18. The van der Waals surface area contributed by atoms with Crippen molar-refractivity contribution in [3.63, 3.8) is 0 Å². The highest BCUT2D eigenvalue weighted by Gasteiger charge is 2.10. The molecular formula is C16H25NO4. The molecule has 1 atom stereocenters. The molecule has 118 valence electrons. The lowest BCUT2D eigenvalue weighted by Gasteiger charge is -2.11. The molecule has 1 aromatic rings. The van der Waals surface area contributed by atoms with Crippen LogP contribution in [0.4, 0.5) is 0 Å². The van der Waals surface area contributed by atoms with E-state index in [1.165, 1.54) is 0 Å². The van der Waals surface area contributed by atoms with Crippen molar-refractivity contribution in [2.45, 2.75) is 45.3 Å². The molecule has 0 heterocycles. The number of aliphatic hydroxyl groups excluding tert-OH is 1. The van der Waals surface area contributed by atoms with E-state index in [-0.39, 0.29) is 12.3 Å². The number of amides is 1. The van der Waals surface area contributed by atoms with Crippen molar-refractivity contribution in [2.24, 2.45) is 0 Å². The lowest BCUT2D eigenvalue weighted by molar-refractivity contribution is -0.136. The Morgan fingerprint density at radius 3 is 2.76 bits per heavy atom. The van der Waals surface area contributed by atoms with Crippen LogP contribution in [0.15, 0.2) is 30.3 Å². The number of benzene rings is 1. The molecule has 5 nitrogen and oxygen atoms in total. The highest BCUT2D eigenvalue weighted by molar-refractivity contribution is 5.75. The zero-order chi connectivity index (χ0) is 15.3. The van der Waals surface area contributed by atoms with E-state index in [1.807, 2.05) is 30.3 Å². The highest BCUT2D eigenvalue weighted by Crippen LogP contribution is 2.01. The van der Waals surface area contributed by atoms with Crippen molar-refractivity contribution in [3.8, 4) is 0 Å². The molecule has 0 aromatic heterocycles. The number of unbranched alkanes of at least 4 members (excludes halogenated alkanes) is 1. The first-order valence-corrected chi connectivity index (χ1v) is 7.42. The zero-order valence-electron chi connectivity index (χ0n) is 12.6. The first kappa shape index (κ1) is 17.6. The Morgan fingerprint density at radius 2 is 2.05 bits per heavy atom. The minimum atomic E-state index is -0.702. The molecule has 0 aliphatic heterocycles. The van der Waals surface area contributed by atoms with E-state index in [0.29, 0.717) is 26.2 Å². The summed E-state index contributed by atoms with van der Waals surface area (Å²) in [6.07, 6.45) is 1.88. The van der Waals surface area contributed by atoms with Gasteiger partial charge in [-0.2, -0.15) is 0 Å². The minimum absolute atomic E-state index is 0.0198. The fraction of sp³-hybridized carbons (Fsp3) is 0.562. The lowest BCUT2D eigenvalue weighted by atomic mass is 10.2. The molecule has 2 N–H and O–H groups in total. The van der Waals surface area contributed by atoms with Crippen LogP contribution in [0.5, 0.6) is 0 Å². The van der Waals surface area contributed by atoms with Gasteiger partial charge in [-0.3, -0.25) is 9.63 Å². The summed E-state index contributed by atoms with van der Waals surface area (Å²) in [4.78, 5) is 16.6. The first-order valence-electron chi connectivity index (χ1n) is 7.42. The van der Waals surface area contributed by atoms with Gasteiger partial charge in [0.15, 0.2) is 0 Å². The van der Waals surface area contributed by atoms with Crippen molar-refractivity contribution in [1.29, 1.82) is 0 Å². The molecule has 0 unspecified atom stereocenters. The smallest absolute Gasteiger partial charge is 0.246 e. The second-order valence-corrected chi connectivity index (χ2v) is 4.91. The fourth-order valence-electron chi connectivity index (χ4n) is 1.70. The first-order chi connectivity index (χ1) is 10.2. The third-order valence-corrected chi connectivity index (χ3v) is 2.93. The van der Waals surface area contributed by atoms with Crippen LogP contribution in [0.1, 0.15) is 38.2 Å². The maximum Gasteiger partial charge on any atom is 0.246 e. The Hall–Kier alpha value is -1.43. The van der Waals surface area contributed by atoms with Crippen LogP contribution in [-0.2, 0) is 21.0 Å². The number of ether oxygens (including phenoxy) is 1. The topological polar surface area (TPSA) is 67.8 Å². The highest BCUT2D eigenvalue weighted by atomic mass is 16.6. The molecule has 1 rings (SSSR count). The van der Waals surface area contributed by atoms with E-state index in [1.54, 1.807) is 0 Å². The van der Waals surface area contributed by atoms with Crippen LogP contribution < -0.4 is 5.48 Å². The van der Waals surface area contributed by atoms with Crippen LogP contribution in [0.25, 0.3) is 0 Å². The van der Waals surface area contributed by atoms with Crippen molar-refractivity contribution >= 4 is 5.91 Å². The molecule has 0 bridgehead atoms. The van der Waals surface area contributed by atoms with Gasteiger partial charge < -0.3 is 9.84 Å². The molecule has 0 radical (unpaired) electrons. The average molecular weight is 295 g/mol. The largest absolute Gasteiger partial charge is 0.393 e. The Morgan fingerprint density at radius 1 is 1.29 bits per heavy atom. The number of aliphatic hydroxyl groups is 1. The van der Waals surface area contributed by atoms with E-state index >= 15 is 0 Å². The number of nitrogens with one attached hydrogen (secondary N) is 1. The van der Waals surface area contributed by atoms with Crippen LogP contribution >= 0.6 is 0 Å². The second-order valence-electron chi connectivity index (χ2n) is 4.91. The number of hydrogen-bond donors (Lipinski definition) is 2. The van der Waals surface area contributed by atoms with Gasteiger partial charge in [0.05, 0.1) is 19.1 Å². The summed E-state index contributed by atoms with van der Waals surface area (Å²) >= 11 is 0. The standard InChI is InChI=1S/C16H25NO4/c1-2-3-10-20-11-9-15(18)12-16(19)17-21-13-14-7-5-4-6-8-14/h4-8,15,18H,2-3,9-13H2,1H3,(H,17,19)/t15-/m1/s1. The number of rotatable bonds is 11. The lowest BCUT2D eigenvalue weighted by Crippen LogP contribution is -2.28. The quantitative estimate of drug-likeness (QED) is 0.485. The summed E-state index contributed by atoms with van der Waals surface area (Å²) in [6.45, 7) is 3.58. The van der Waals surface area contributed by atoms with Gasteiger partial charge in [0.2, 0.25) is 5.91 Å².